The van der Waals surface area contributed by atoms with Crippen molar-refractivity contribution in [2.45, 2.75) is 6.92 Å². The van der Waals surface area contributed by atoms with Crippen LogP contribution in [0.3, 0.4) is 0 Å². The SMILES string of the molecule is C=Nc1ccccc1/C=C(\C)CN. The van der Waals surface area contributed by atoms with Gasteiger partial charge in [0.1, 0.15) is 0 Å². The second-order valence-corrected chi connectivity index (χ2v) is 2.91. The zero-order valence-corrected chi connectivity index (χ0v) is 7.83. The van der Waals surface area contributed by atoms with Crippen molar-refractivity contribution in [1.29, 1.82) is 0 Å². The van der Waals surface area contributed by atoms with Crippen molar-refractivity contribution < 1.29 is 0 Å². The average molecular weight is 174 g/mol. The van der Waals surface area contributed by atoms with Gasteiger partial charge in [-0.15, -0.1) is 0 Å². The van der Waals surface area contributed by atoms with Gasteiger partial charge in [-0.2, -0.15) is 0 Å². The standard InChI is InChI=1S/C11H14N2/c1-9(8-12)7-10-5-3-4-6-11(10)13-2/h3-7H,2,8,12H2,1H3/b9-7+. The van der Waals surface area contributed by atoms with Crippen molar-refractivity contribution in [3.8, 4) is 0 Å². The van der Waals surface area contributed by atoms with Gasteiger partial charge >= 0.3 is 0 Å². The molecule has 68 valence electrons. The summed E-state index contributed by atoms with van der Waals surface area (Å²) in [5.41, 5.74) is 8.60. The van der Waals surface area contributed by atoms with E-state index in [4.69, 9.17) is 5.73 Å². The fourth-order valence-electron chi connectivity index (χ4n) is 1.08. The van der Waals surface area contributed by atoms with Crippen LogP contribution in [0.25, 0.3) is 6.08 Å². The highest BCUT2D eigenvalue weighted by molar-refractivity contribution is 5.67. The molecule has 0 spiro atoms. The Labute approximate surface area is 78.8 Å². The summed E-state index contributed by atoms with van der Waals surface area (Å²) in [4.78, 5) is 3.92. The van der Waals surface area contributed by atoms with Crippen LogP contribution in [0.5, 0.6) is 0 Å². The lowest BCUT2D eigenvalue weighted by atomic mass is 10.1. The summed E-state index contributed by atoms with van der Waals surface area (Å²) < 4.78 is 0. The molecule has 0 aliphatic heterocycles. The van der Waals surface area contributed by atoms with E-state index in [1.54, 1.807) is 0 Å². The van der Waals surface area contributed by atoms with Crippen LogP contribution < -0.4 is 5.73 Å². The molecule has 1 rings (SSSR count). The van der Waals surface area contributed by atoms with Crippen molar-refractivity contribution in [3.05, 3.63) is 35.4 Å². The molecule has 0 aliphatic carbocycles. The van der Waals surface area contributed by atoms with E-state index in [-0.39, 0.29) is 0 Å². The third-order valence-corrected chi connectivity index (χ3v) is 1.83. The first-order valence-corrected chi connectivity index (χ1v) is 4.21. The first-order valence-electron chi connectivity index (χ1n) is 4.21. The largest absolute Gasteiger partial charge is 0.327 e. The quantitative estimate of drug-likeness (QED) is 0.702. The van der Waals surface area contributed by atoms with Gasteiger partial charge in [0.25, 0.3) is 0 Å². The van der Waals surface area contributed by atoms with Crippen LogP contribution in [-0.2, 0) is 0 Å². The Balaban J connectivity index is 3.06. The van der Waals surface area contributed by atoms with Gasteiger partial charge < -0.3 is 5.73 Å². The molecule has 2 heteroatoms. The molecule has 0 amide bonds. The van der Waals surface area contributed by atoms with E-state index in [0.717, 1.165) is 16.8 Å². The molecule has 0 heterocycles. The Morgan fingerprint density at radius 3 is 2.85 bits per heavy atom. The third kappa shape index (κ3) is 2.53. The Hall–Kier alpha value is -1.41. The molecule has 2 nitrogen and oxygen atoms in total. The molecule has 0 radical (unpaired) electrons. The van der Waals surface area contributed by atoms with Crippen LogP contribution >= 0.6 is 0 Å². The molecule has 13 heavy (non-hydrogen) atoms. The van der Waals surface area contributed by atoms with Gasteiger partial charge in [-0.25, -0.2) is 0 Å². The Kier molecular flexibility index (Phi) is 3.41. The highest BCUT2D eigenvalue weighted by atomic mass is 14.7. The van der Waals surface area contributed by atoms with Crippen molar-refractivity contribution >= 4 is 18.5 Å². The Bertz CT molecular complexity index is 327. The summed E-state index contributed by atoms with van der Waals surface area (Å²) in [6.45, 7) is 6.09. The van der Waals surface area contributed by atoms with Crippen molar-refractivity contribution in [3.63, 3.8) is 0 Å². The second-order valence-electron chi connectivity index (χ2n) is 2.91. The molecular formula is C11H14N2. The van der Waals surface area contributed by atoms with Crippen LogP contribution in [0.15, 0.2) is 34.8 Å². The number of hydrogen-bond donors (Lipinski definition) is 1. The van der Waals surface area contributed by atoms with E-state index in [0.29, 0.717) is 6.54 Å². The first kappa shape index (κ1) is 9.68. The van der Waals surface area contributed by atoms with Gasteiger partial charge in [0.15, 0.2) is 0 Å². The molecule has 0 unspecified atom stereocenters. The topological polar surface area (TPSA) is 38.4 Å². The van der Waals surface area contributed by atoms with Gasteiger partial charge in [0.2, 0.25) is 0 Å². The molecule has 2 N–H and O–H groups in total. The maximum absolute atomic E-state index is 5.50. The predicted molar refractivity (Wildman–Crippen MR) is 58.4 cm³/mol. The number of para-hydroxylation sites is 1. The molecule has 0 aliphatic rings. The molecular weight excluding hydrogens is 160 g/mol. The molecule has 0 bridgehead atoms. The molecule has 0 saturated heterocycles. The fraction of sp³-hybridized carbons (Fsp3) is 0.182. The van der Waals surface area contributed by atoms with Crippen LogP contribution in [-0.4, -0.2) is 13.3 Å². The molecule has 1 aromatic carbocycles. The summed E-state index contributed by atoms with van der Waals surface area (Å²) in [5, 5.41) is 0. The third-order valence-electron chi connectivity index (χ3n) is 1.83. The number of nitrogens with zero attached hydrogens (tertiary/aromatic N) is 1. The van der Waals surface area contributed by atoms with Crippen LogP contribution in [0.1, 0.15) is 12.5 Å². The average Bonchev–Trinajstić information content (AvgIpc) is 2.18. The van der Waals surface area contributed by atoms with Crippen molar-refractivity contribution in [2.24, 2.45) is 10.7 Å². The van der Waals surface area contributed by atoms with Gasteiger partial charge in [-0.3, -0.25) is 4.99 Å². The van der Waals surface area contributed by atoms with Crippen LogP contribution in [0, 0.1) is 0 Å². The summed E-state index contributed by atoms with van der Waals surface area (Å²) in [7, 11) is 0. The summed E-state index contributed by atoms with van der Waals surface area (Å²) in [6.07, 6.45) is 2.03. The van der Waals surface area contributed by atoms with Gasteiger partial charge in [-0.1, -0.05) is 29.8 Å². The number of hydrogen-bond acceptors (Lipinski definition) is 2. The number of benzene rings is 1. The highest BCUT2D eigenvalue weighted by Gasteiger charge is 1.95. The van der Waals surface area contributed by atoms with Gasteiger partial charge in [-0.05, 0) is 19.7 Å². The monoisotopic (exact) mass is 174 g/mol. The number of aliphatic imine (C=N–C) groups is 1. The van der Waals surface area contributed by atoms with Crippen molar-refractivity contribution in [1.82, 2.24) is 0 Å². The molecule has 0 aromatic heterocycles. The minimum absolute atomic E-state index is 0.575. The van der Waals surface area contributed by atoms with Crippen LogP contribution in [0.4, 0.5) is 5.69 Å². The second kappa shape index (κ2) is 4.58. The lowest BCUT2D eigenvalue weighted by Gasteiger charge is -2.00. The molecule has 0 atom stereocenters. The number of rotatable bonds is 3. The zero-order chi connectivity index (χ0) is 9.68. The summed E-state index contributed by atoms with van der Waals surface area (Å²) >= 11 is 0. The highest BCUT2D eigenvalue weighted by Crippen LogP contribution is 2.20. The fourth-order valence-corrected chi connectivity index (χ4v) is 1.08. The van der Waals surface area contributed by atoms with Gasteiger partial charge in [0, 0.05) is 12.1 Å². The van der Waals surface area contributed by atoms with Crippen LogP contribution in [0.2, 0.25) is 0 Å². The lowest BCUT2D eigenvalue weighted by molar-refractivity contribution is 1.15. The van der Waals surface area contributed by atoms with E-state index < -0.39 is 0 Å². The maximum atomic E-state index is 5.50. The van der Waals surface area contributed by atoms with E-state index in [9.17, 15) is 0 Å². The normalized spacial score (nSPS) is 11.4. The van der Waals surface area contributed by atoms with Gasteiger partial charge in [0.05, 0.1) is 5.69 Å². The smallest absolute Gasteiger partial charge is 0.0694 e. The van der Waals surface area contributed by atoms with Crippen molar-refractivity contribution in [2.75, 3.05) is 6.54 Å². The first-order chi connectivity index (χ1) is 6.27. The van der Waals surface area contributed by atoms with E-state index in [2.05, 4.69) is 11.7 Å². The minimum atomic E-state index is 0.575. The van der Waals surface area contributed by atoms with E-state index >= 15 is 0 Å². The zero-order valence-electron chi connectivity index (χ0n) is 7.83. The summed E-state index contributed by atoms with van der Waals surface area (Å²) in [5.74, 6) is 0. The Morgan fingerprint density at radius 2 is 2.23 bits per heavy atom. The van der Waals surface area contributed by atoms with E-state index in [1.165, 1.54) is 0 Å². The maximum Gasteiger partial charge on any atom is 0.0694 e. The number of nitrogens with two attached hydrogens (primary N) is 1. The van der Waals surface area contributed by atoms with E-state index in [1.807, 2.05) is 37.3 Å². The molecule has 1 aromatic rings. The Morgan fingerprint density at radius 1 is 1.54 bits per heavy atom. The molecule has 0 saturated carbocycles. The molecule has 0 fully saturated rings. The minimum Gasteiger partial charge on any atom is -0.327 e. The lowest BCUT2D eigenvalue weighted by Crippen LogP contribution is -1.99. The summed E-state index contributed by atoms with van der Waals surface area (Å²) in [6, 6.07) is 7.86. The predicted octanol–water partition coefficient (Wildman–Crippen LogP) is 2.38.